The van der Waals surface area contributed by atoms with Crippen LogP contribution in [0.1, 0.15) is 19.8 Å². The van der Waals surface area contributed by atoms with Crippen LogP contribution in [0.2, 0.25) is 0 Å². The van der Waals surface area contributed by atoms with Gasteiger partial charge in [-0.1, -0.05) is 49.7 Å². The molecule has 2 aromatic rings. The molecule has 0 atom stereocenters. The van der Waals surface area contributed by atoms with Crippen LogP contribution < -0.4 is 10.0 Å². The second kappa shape index (κ2) is 6.02. The Kier molecular flexibility index (Phi) is 3.92. The van der Waals surface area contributed by atoms with E-state index in [1.807, 2.05) is 67.6 Å². The maximum Gasteiger partial charge on any atom is 0.258 e. The van der Waals surface area contributed by atoms with Gasteiger partial charge in [0.15, 0.2) is 0 Å². The van der Waals surface area contributed by atoms with Crippen molar-refractivity contribution in [2.45, 2.75) is 19.8 Å². The molecule has 0 aliphatic carbocycles. The van der Waals surface area contributed by atoms with Crippen molar-refractivity contribution in [3.8, 4) is 0 Å². The summed E-state index contributed by atoms with van der Waals surface area (Å²) >= 11 is 0. The number of carbonyl (C=O) groups excluding carboxylic acids is 2. The summed E-state index contributed by atoms with van der Waals surface area (Å²) in [5.41, 5.74) is 1.42. The fraction of sp³-hybridized carbons (Fsp3) is 0.222. The van der Waals surface area contributed by atoms with Crippen molar-refractivity contribution in [3.05, 3.63) is 60.7 Å². The molecule has 0 spiro atoms. The predicted octanol–water partition coefficient (Wildman–Crippen LogP) is 3.40. The van der Waals surface area contributed by atoms with Gasteiger partial charge in [-0.2, -0.15) is 0 Å². The van der Waals surface area contributed by atoms with E-state index >= 15 is 0 Å². The minimum atomic E-state index is -0.592. The van der Waals surface area contributed by atoms with Gasteiger partial charge in [0.2, 0.25) is 0 Å². The first-order valence-corrected chi connectivity index (χ1v) is 7.52. The lowest BCUT2D eigenvalue weighted by Gasteiger charge is -2.27. The first-order chi connectivity index (χ1) is 10.7. The van der Waals surface area contributed by atoms with Gasteiger partial charge in [-0.15, -0.1) is 0 Å². The normalized spacial score (nSPS) is 15.7. The van der Waals surface area contributed by atoms with Gasteiger partial charge in [-0.05, 0) is 30.7 Å². The lowest BCUT2D eigenvalue weighted by atomic mass is 10.0. The van der Waals surface area contributed by atoms with Crippen LogP contribution in [0.5, 0.6) is 0 Å². The second-order valence-electron chi connectivity index (χ2n) is 5.31. The number of nitrogens with zero attached hydrogens (tertiary/aromatic N) is 2. The van der Waals surface area contributed by atoms with Gasteiger partial charge in [-0.3, -0.25) is 9.59 Å². The van der Waals surface area contributed by atoms with Gasteiger partial charge in [0, 0.05) is 0 Å². The SMILES string of the molecule is CCCC1C(=O)N(c2ccccc2)N(c2ccccc2)C1=O. The minimum Gasteiger partial charge on any atom is -0.272 e. The van der Waals surface area contributed by atoms with Gasteiger partial charge in [0.05, 0.1) is 11.4 Å². The number of hydrazine groups is 1. The highest BCUT2D eigenvalue weighted by Crippen LogP contribution is 2.33. The average molecular weight is 294 g/mol. The number of hydrogen-bond acceptors (Lipinski definition) is 2. The molecule has 0 unspecified atom stereocenters. The highest BCUT2D eigenvalue weighted by Gasteiger charge is 2.46. The maximum atomic E-state index is 12.8. The van der Waals surface area contributed by atoms with E-state index in [1.165, 1.54) is 10.0 Å². The molecule has 0 radical (unpaired) electrons. The topological polar surface area (TPSA) is 40.6 Å². The lowest BCUT2D eigenvalue weighted by molar-refractivity contribution is -0.127. The molecular weight excluding hydrogens is 276 g/mol. The molecule has 0 saturated carbocycles. The highest BCUT2D eigenvalue weighted by molar-refractivity contribution is 6.22. The van der Waals surface area contributed by atoms with Gasteiger partial charge in [-0.25, -0.2) is 10.0 Å². The fourth-order valence-corrected chi connectivity index (χ4v) is 2.76. The van der Waals surface area contributed by atoms with E-state index < -0.39 is 5.92 Å². The van der Waals surface area contributed by atoms with E-state index in [0.29, 0.717) is 17.8 Å². The Balaban J connectivity index is 2.07. The zero-order chi connectivity index (χ0) is 15.5. The van der Waals surface area contributed by atoms with Crippen LogP contribution in [-0.4, -0.2) is 11.8 Å². The van der Waals surface area contributed by atoms with Crippen LogP contribution in [0.15, 0.2) is 60.7 Å². The van der Waals surface area contributed by atoms with Crippen molar-refractivity contribution in [1.82, 2.24) is 0 Å². The van der Waals surface area contributed by atoms with Crippen LogP contribution >= 0.6 is 0 Å². The molecule has 2 amide bonds. The van der Waals surface area contributed by atoms with Crippen LogP contribution in [0.25, 0.3) is 0 Å². The molecule has 1 heterocycles. The third-order valence-electron chi connectivity index (χ3n) is 3.79. The van der Waals surface area contributed by atoms with Gasteiger partial charge < -0.3 is 0 Å². The van der Waals surface area contributed by atoms with Gasteiger partial charge >= 0.3 is 0 Å². The maximum absolute atomic E-state index is 12.8. The summed E-state index contributed by atoms with van der Waals surface area (Å²) in [4.78, 5) is 25.5. The Hall–Kier alpha value is -2.62. The standard InChI is InChI=1S/C18H18N2O2/c1-2-9-16-17(21)19(14-10-5-3-6-11-14)20(18(16)22)15-12-7-4-8-13-15/h3-8,10-13,16H,2,9H2,1H3. The van der Waals surface area contributed by atoms with Gasteiger partial charge in [0.25, 0.3) is 11.8 Å². The van der Waals surface area contributed by atoms with Crippen molar-refractivity contribution < 1.29 is 9.59 Å². The zero-order valence-electron chi connectivity index (χ0n) is 12.5. The minimum absolute atomic E-state index is 0.151. The molecule has 4 nitrogen and oxygen atoms in total. The summed E-state index contributed by atoms with van der Waals surface area (Å²) in [7, 11) is 0. The van der Waals surface area contributed by atoms with Crippen molar-refractivity contribution in [2.75, 3.05) is 10.0 Å². The largest absolute Gasteiger partial charge is 0.272 e. The quantitative estimate of drug-likeness (QED) is 0.811. The average Bonchev–Trinajstić information content (AvgIpc) is 2.81. The first-order valence-electron chi connectivity index (χ1n) is 7.52. The predicted molar refractivity (Wildman–Crippen MR) is 86.3 cm³/mol. The second-order valence-corrected chi connectivity index (χ2v) is 5.31. The molecule has 1 aliphatic heterocycles. The molecular formula is C18H18N2O2. The third kappa shape index (κ3) is 2.37. The van der Waals surface area contributed by atoms with Crippen molar-refractivity contribution >= 4 is 23.2 Å². The summed E-state index contributed by atoms with van der Waals surface area (Å²) < 4.78 is 0. The van der Waals surface area contributed by atoms with E-state index in [-0.39, 0.29) is 11.8 Å². The molecule has 22 heavy (non-hydrogen) atoms. The van der Waals surface area contributed by atoms with E-state index in [0.717, 1.165) is 6.42 Å². The Bertz CT molecular complexity index is 613. The smallest absolute Gasteiger partial charge is 0.258 e. The number of hydrogen-bond donors (Lipinski definition) is 0. The van der Waals surface area contributed by atoms with E-state index in [2.05, 4.69) is 0 Å². The van der Waals surface area contributed by atoms with Crippen molar-refractivity contribution in [2.24, 2.45) is 5.92 Å². The summed E-state index contributed by atoms with van der Waals surface area (Å²) in [6, 6.07) is 18.6. The summed E-state index contributed by atoms with van der Waals surface area (Å²) in [5, 5.41) is 3.00. The molecule has 3 rings (SSSR count). The fourth-order valence-electron chi connectivity index (χ4n) is 2.76. The number of anilines is 2. The third-order valence-corrected chi connectivity index (χ3v) is 3.79. The van der Waals surface area contributed by atoms with Crippen LogP contribution in [0, 0.1) is 5.92 Å². The monoisotopic (exact) mass is 294 g/mol. The molecule has 1 saturated heterocycles. The zero-order valence-corrected chi connectivity index (χ0v) is 12.5. The number of carbonyl (C=O) groups is 2. The molecule has 0 bridgehead atoms. The summed E-state index contributed by atoms with van der Waals surface area (Å²) in [6.07, 6.45) is 1.37. The van der Waals surface area contributed by atoms with Crippen molar-refractivity contribution in [1.29, 1.82) is 0 Å². The summed E-state index contributed by atoms with van der Waals surface area (Å²) in [5.74, 6) is -0.894. The number of amides is 2. The number of benzene rings is 2. The molecule has 1 fully saturated rings. The van der Waals surface area contributed by atoms with Crippen LogP contribution in [0.4, 0.5) is 11.4 Å². The van der Waals surface area contributed by atoms with Crippen LogP contribution in [0.3, 0.4) is 0 Å². The van der Waals surface area contributed by atoms with Crippen molar-refractivity contribution in [3.63, 3.8) is 0 Å². The highest BCUT2D eigenvalue weighted by atomic mass is 16.2. The van der Waals surface area contributed by atoms with Crippen LogP contribution in [-0.2, 0) is 9.59 Å². The molecule has 112 valence electrons. The molecule has 4 heteroatoms. The molecule has 2 aromatic carbocycles. The Morgan fingerprint density at radius 2 is 1.18 bits per heavy atom. The number of rotatable bonds is 4. The van der Waals surface area contributed by atoms with E-state index in [1.54, 1.807) is 0 Å². The Morgan fingerprint density at radius 1 is 0.773 bits per heavy atom. The Labute approximate surface area is 129 Å². The van der Waals surface area contributed by atoms with Gasteiger partial charge in [0.1, 0.15) is 5.92 Å². The first kappa shape index (κ1) is 14.3. The molecule has 0 aromatic heterocycles. The molecule has 1 aliphatic rings. The summed E-state index contributed by atoms with van der Waals surface area (Å²) in [6.45, 7) is 1.98. The van der Waals surface area contributed by atoms with E-state index in [9.17, 15) is 9.59 Å². The lowest BCUT2D eigenvalue weighted by Crippen LogP contribution is -2.41. The number of para-hydroxylation sites is 2. The van der Waals surface area contributed by atoms with E-state index in [4.69, 9.17) is 0 Å². The molecule has 0 N–H and O–H groups in total. The Morgan fingerprint density at radius 3 is 1.55 bits per heavy atom.